The number of nitrogens with zero attached hydrogens (tertiary/aromatic N) is 1. The van der Waals surface area contributed by atoms with Gasteiger partial charge in [-0.1, -0.05) is 0 Å². The summed E-state index contributed by atoms with van der Waals surface area (Å²) in [6, 6.07) is 0. The summed E-state index contributed by atoms with van der Waals surface area (Å²) in [6.45, 7) is 7.32. The Morgan fingerprint density at radius 2 is 2.17 bits per heavy atom. The first kappa shape index (κ1) is 15.2. The molecule has 1 aliphatic heterocycles. The van der Waals surface area contributed by atoms with Crippen LogP contribution in [0, 0.1) is 0 Å². The molecule has 0 bridgehead atoms. The maximum atomic E-state index is 12.0. The molecule has 2 N–H and O–H groups in total. The number of piperidine rings is 1. The Morgan fingerprint density at radius 1 is 1.50 bits per heavy atom. The van der Waals surface area contributed by atoms with E-state index in [4.69, 9.17) is 4.74 Å². The highest BCUT2D eigenvalue weighted by Crippen LogP contribution is 2.25. The van der Waals surface area contributed by atoms with Gasteiger partial charge in [-0.05, 0) is 53.6 Å². The van der Waals surface area contributed by atoms with Gasteiger partial charge in [0.2, 0.25) is 0 Å². The minimum Gasteiger partial charge on any atom is -0.444 e. The highest BCUT2D eigenvalue weighted by Gasteiger charge is 2.36. The lowest BCUT2D eigenvalue weighted by atomic mass is 9.90. The zero-order chi connectivity index (χ0) is 13.8. The predicted octanol–water partition coefficient (Wildman–Crippen LogP) is 1.36. The summed E-state index contributed by atoms with van der Waals surface area (Å²) in [7, 11) is 1.86. The number of hydrogen-bond donors (Lipinski definition) is 2. The van der Waals surface area contributed by atoms with Gasteiger partial charge in [0.15, 0.2) is 0 Å². The molecular formula is C13H26N2O3. The topological polar surface area (TPSA) is 61.8 Å². The molecule has 1 fully saturated rings. The van der Waals surface area contributed by atoms with E-state index in [0.717, 1.165) is 19.4 Å². The summed E-state index contributed by atoms with van der Waals surface area (Å²) in [6.07, 6.45) is 1.89. The van der Waals surface area contributed by atoms with Crippen LogP contribution in [0.15, 0.2) is 0 Å². The third-order valence-corrected chi connectivity index (χ3v) is 3.05. The maximum absolute atomic E-state index is 12.0. The molecule has 0 radical (unpaired) electrons. The van der Waals surface area contributed by atoms with Gasteiger partial charge in [-0.15, -0.1) is 0 Å². The number of ether oxygens (including phenoxy) is 1. The maximum Gasteiger partial charge on any atom is 0.410 e. The van der Waals surface area contributed by atoms with Crippen molar-refractivity contribution in [2.45, 2.75) is 51.2 Å². The van der Waals surface area contributed by atoms with E-state index in [-0.39, 0.29) is 6.09 Å². The lowest BCUT2D eigenvalue weighted by Crippen LogP contribution is -2.52. The van der Waals surface area contributed by atoms with Crippen LogP contribution in [0.2, 0.25) is 0 Å². The molecule has 1 rings (SSSR count). The molecule has 5 heteroatoms. The molecule has 0 aromatic rings. The average Bonchev–Trinajstić information content (AvgIpc) is 2.24. The first-order valence-corrected chi connectivity index (χ1v) is 6.61. The van der Waals surface area contributed by atoms with E-state index in [0.29, 0.717) is 19.5 Å². The zero-order valence-electron chi connectivity index (χ0n) is 12.0. The van der Waals surface area contributed by atoms with Crippen LogP contribution in [-0.4, -0.2) is 54.0 Å². The van der Waals surface area contributed by atoms with Crippen LogP contribution in [0.25, 0.3) is 0 Å². The van der Waals surface area contributed by atoms with Crippen LogP contribution < -0.4 is 5.32 Å². The number of aliphatic hydroxyl groups is 1. The quantitative estimate of drug-likeness (QED) is 0.802. The summed E-state index contributed by atoms with van der Waals surface area (Å²) >= 11 is 0. The monoisotopic (exact) mass is 258 g/mol. The highest BCUT2D eigenvalue weighted by atomic mass is 16.6. The first-order chi connectivity index (χ1) is 8.26. The third-order valence-electron chi connectivity index (χ3n) is 3.05. The third kappa shape index (κ3) is 4.82. The molecule has 0 aliphatic carbocycles. The van der Waals surface area contributed by atoms with E-state index < -0.39 is 11.2 Å². The molecule has 0 aromatic heterocycles. The Hall–Kier alpha value is -0.810. The lowest BCUT2D eigenvalue weighted by Gasteiger charge is -2.39. The minimum atomic E-state index is -0.780. The highest BCUT2D eigenvalue weighted by molar-refractivity contribution is 5.68. The molecule has 0 spiro atoms. The van der Waals surface area contributed by atoms with Gasteiger partial charge in [-0.3, -0.25) is 0 Å². The van der Waals surface area contributed by atoms with Gasteiger partial charge in [0, 0.05) is 6.54 Å². The standard InChI is InChI=1S/C13H26N2O3/c1-12(2,3)18-11(16)15-9-5-6-13(17,10-15)7-8-14-4/h14,17H,5-10H2,1-4H3. The number of nitrogens with one attached hydrogen (secondary N) is 1. The fraction of sp³-hybridized carbons (Fsp3) is 0.923. The summed E-state index contributed by atoms with van der Waals surface area (Å²) < 4.78 is 5.34. The number of carbonyl (C=O) groups excluding carboxylic acids is 1. The molecule has 1 amide bonds. The van der Waals surface area contributed by atoms with Gasteiger partial charge < -0.3 is 20.1 Å². The second-order valence-electron chi connectivity index (χ2n) is 6.08. The Kier molecular flexibility index (Phi) is 4.99. The number of carbonyl (C=O) groups is 1. The molecular weight excluding hydrogens is 232 g/mol. The molecule has 1 saturated heterocycles. The SMILES string of the molecule is CNCCC1(O)CCCN(C(=O)OC(C)(C)C)C1. The van der Waals surface area contributed by atoms with E-state index in [1.54, 1.807) is 4.90 Å². The minimum absolute atomic E-state index is 0.329. The fourth-order valence-corrected chi connectivity index (χ4v) is 2.16. The smallest absolute Gasteiger partial charge is 0.410 e. The van der Waals surface area contributed by atoms with Crippen LogP contribution in [0.3, 0.4) is 0 Å². The summed E-state index contributed by atoms with van der Waals surface area (Å²) in [5.74, 6) is 0. The number of β-amino-alcohol motifs (C(OH)–C–C–N with tert-alkyl or cyclic N) is 1. The van der Waals surface area contributed by atoms with E-state index in [2.05, 4.69) is 5.32 Å². The van der Waals surface area contributed by atoms with Crippen molar-refractivity contribution >= 4 is 6.09 Å². The van der Waals surface area contributed by atoms with Crippen LogP contribution in [-0.2, 0) is 4.74 Å². The normalized spacial score (nSPS) is 25.1. The van der Waals surface area contributed by atoms with Crippen molar-refractivity contribution < 1.29 is 14.6 Å². The van der Waals surface area contributed by atoms with Crippen molar-refractivity contribution in [2.75, 3.05) is 26.7 Å². The van der Waals surface area contributed by atoms with Gasteiger partial charge in [0.1, 0.15) is 5.60 Å². The summed E-state index contributed by atoms with van der Waals surface area (Å²) in [5.41, 5.74) is -1.27. The Bertz CT molecular complexity index is 288. The predicted molar refractivity (Wildman–Crippen MR) is 70.5 cm³/mol. The fourth-order valence-electron chi connectivity index (χ4n) is 2.16. The van der Waals surface area contributed by atoms with Crippen molar-refractivity contribution in [1.29, 1.82) is 0 Å². The van der Waals surface area contributed by atoms with Crippen LogP contribution >= 0.6 is 0 Å². The second kappa shape index (κ2) is 5.89. The van der Waals surface area contributed by atoms with Gasteiger partial charge >= 0.3 is 6.09 Å². The molecule has 5 nitrogen and oxygen atoms in total. The molecule has 18 heavy (non-hydrogen) atoms. The van der Waals surface area contributed by atoms with Crippen LogP contribution in [0.4, 0.5) is 4.79 Å². The van der Waals surface area contributed by atoms with E-state index >= 15 is 0 Å². The van der Waals surface area contributed by atoms with Crippen LogP contribution in [0.5, 0.6) is 0 Å². The molecule has 0 aromatic carbocycles. The molecule has 0 saturated carbocycles. The van der Waals surface area contributed by atoms with Crippen molar-refractivity contribution in [1.82, 2.24) is 10.2 Å². The number of rotatable bonds is 3. The van der Waals surface area contributed by atoms with E-state index in [9.17, 15) is 9.90 Å². The number of likely N-dealkylation sites (tertiary alicyclic amines) is 1. The molecule has 1 unspecified atom stereocenters. The summed E-state index contributed by atoms with van der Waals surface area (Å²) in [5, 5.41) is 13.5. The van der Waals surface area contributed by atoms with Gasteiger partial charge in [0.25, 0.3) is 0 Å². The van der Waals surface area contributed by atoms with Crippen molar-refractivity contribution in [3.05, 3.63) is 0 Å². The molecule has 106 valence electrons. The Morgan fingerprint density at radius 3 is 2.72 bits per heavy atom. The number of amides is 1. The largest absolute Gasteiger partial charge is 0.444 e. The Balaban J connectivity index is 2.55. The molecule has 1 heterocycles. The zero-order valence-corrected chi connectivity index (χ0v) is 12.0. The Labute approximate surface area is 109 Å². The van der Waals surface area contributed by atoms with Gasteiger partial charge in [-0.2, -0.15) is 0 Å². The van der Waals surface area contributed by atoms with E-state index in [1.165, 1.54) is 0 Å². The summed E-state index contributed by atoms with van der Waals surface area (Å²) in [4.78, 5) is 13.6. The molecule has 1 aliphatic rings. The molecule has 1 atom stereocenters. The van der Waals surface area contributed by atoms with E-state index in [1.807, 2.05) is 27.8 Å². The lowest BCUT2D eigenvalue weighted by molar-refractivity contribution is -0.0466. The van der Waals surface area contributed by atoms with Crippen molar-refractivity contribution in [3.8, 4) is 0 Å². The van der Waals surface area contributed by atoms with Crippen LogP contribution in [0.1, 0.15) is 40.0 Å². The second-order valence-corrected chi connectivity index (χ2v) is 6.08. The van der Waals surface area contributed by atoms with Gasteiger partial charge in [0.05, 0.1) is 12.1 Å². The first-order valence-electron chi connectivity index (χ1n) is 6.61. The van der Waals surface area contributed by atoms with Crippen molar-refractivity contribution in [2.24, 2.45) is 0 Å². The van der Waals surface area contributed by atoms with Gasteiger partial charge in [-0.25, -0.2) is 4.79 Å². The number of hydrogen-bond acceptors (Lipinski definition) is 4. The van der Waals surface area contributed by atoms with Crippen molar-refractivity contribution in [3.63, 3.8) is 0 Å². The average molecular weight is 258 g/mol.